The zero-order valence-corrected chi connectivity index (χ0v) is 25.5. The number of ether oxygens (including phenoxy) is 2. The molecule has 0 heterocycles. The second-order valence-electron chi connectivity index (χ2n) is 12.1. The van der Waals surface area contributed by atoms with E-state index >= 15 is 0 Å². The summed E-state index contributed by atoms with van der Waals surface area (Å²) in [4.78, 5) is 23.5. The number of rotatable bonds is 16. The Morgan fingerprint density at radius 1 is 0.976 bits per heavy atom. The number of hydrogen-bond donors (Lipinski definition) is 1. The van der Waals surface area contributed by atoms with Gasteiger partial charge in [0.2, 0.25) is 0 Å². The molecule has 0 aliphatic heterocycles. The Morgan fingerprint density at radius 3 is 2.33 bits per heavy atom. The quantitative estimate of drug-likeness (QED) is 0.162. The van der Waals surface area contributed by atoms with Gasteiger partial charge in [0.1, 0.15) is 6.61 Å². The lowest BCUT2D eigenvalue weighted by Gasteiger charge is -2.37. The molecule has 0 bridgehead atoms. The van der Waals surface area contributed by atoms with E-state index in [2.05, 4.69) is 67.6 Å². The van der Waals surface area contributed by atoms with Gasteiger partial charge in [0, 0.05) is 18.3 Å². The first-order valence-corrected chi connectivity index (χ1v) is 15.9. The van der Waals surface area contributed by atoms with Crippen LogP contribution in [0.2, 0.25) is 0 Å². The zero-order chi connectivity index (χ0) is 30.0. The molecule has 0 saturated heterocycles. The van der Waals surface area contributed by atoms with E-state index in [1.54, 1.807) is 18.1 Å². The molecule has 5 nitrogen and oxygen atoms in total. The standard InChI is InChI=1S/C37H48O5/c1-4-34(39)42-32(25-38)26-41-35(40)21-15-7-5-6-10-20-31-24-33-27(2)22-23-37(33,28(3)29-16-11-8-12-17-29)36(31)30-18-13-9-14-19-30/h8-9,11-14,16-19,27,32-33,38H,3-7,10,15,20-26H2,1-2H3/t27-,32+,33+,37+/m1/s1. The van der Waals surface area contributed by atoms with Crippen molar-refractivity contribution in [2.24, 2.45) is 17.3 Å². The highest BCUT2D eigenvalue weighted by molar-refractivity contribution is 5.90. The van der Waals surface area contributed by atoms with Crippen LogP contribution in [-0.4, -0.2) is 36.4 Å². The van der Waals surface area contributed by atoms with Gasteiger partial charge in [-0.15, -0.1) is 0 Å². The third kappa shape index (κ3) is 7.42. The van der Waals surface area contributed by atoms with Gasteiger partial charge < -0.3 is 14.6 Å². The number of aliphatic hydroxyl groups excluding tert-OH is 1. The molecule has 2 aromatic carbocycles. The average Bonchev–Trinajstić information content (AvgIpc) is 3.53. The third-order valence-electron chi connectivity index (χ3n) is 9.38. The van der Waals surface area contributed by atoms with E-state index in [0.717, 1.165) is 51.4 Å². The molecule has 4 atom stereocenters. The van der Waals surface area contributed by atoms with Crippen molar-refractivity contribution in [1.82, 2.24) is 0 Å². The van der Waals surface area contributed by atoms with Gasteiger partial charge in [0.25, 0.3) is 0 Å². The molecule has 0 radical (unpaired) electrons. The number of benzene rings is 2. The average molecular weight is 573 g/mol. The Kier molecular flexibility index (Phi) is 11.6. The number of aliphatic hydroxyl groups is 1. The molecule has 5 heteroatoms. The molecule has 2 aromatic rings. The first-order chi connectivity index (χ1) is 20.4. The summed E-state index contributed by atoms with van der Waals surface area (Å²) in [7, 11) is 0. The normalized spacial score (nSPS) is 22.1. The van der Waals surface area contributed by atoms with Crippen molar-refractivity contribution >= 4 is 23.1 Å². The summed E-state index contributed by atoms with van der Waals surface area (Å²) in [6.07, 6.45) is 9.55. The third-order valence-corrected chi connectivity index (χ3v) is 9.38. The van der Waals surface area contributed by atoms with E-state index in [4.69, 9.17) is 16.1 Å². The fourth-order valence-corrected chi connectivity index (χ4v) is 7.20. The molecule has 0 spiro atoms. The molecule has 2 aliphatic carbocycles. The summed E-state index contributed by atoms with van der Waals surface area (Å²) in [6.45, 7) is 8.42. The van der Waals surface area contributed by atoms with Crippen LogP contribution >= 0.6 is 0 Å². The summed E-state index contributed by atoms with van der Waals surface area (Å²) in [6, 6.07) is 21.8. The first-order valence-electron chi connectivity index (χ1n) is 15.9. The van der Waals surface area contributed by atoms with Crippen LogP contribution in [0, 0.1) is 17.3 Å². The SMILES string of the molecule is C=C(c1ccccc1)[C@@]12CC[C@@H](C)[C@@H]1CC(CCCCCCCC(=O)OC[C@H](CO)OC(=O)CC)=C2c1ccccc1. The van der Waals surface area contributed by atoms with Crippen molar-refractivity contribution in [2.45, 2.75) is 90.6 Å². The van der Waals surface area contributed by atoms with Crippen molar-refractivity contribution in [3.05, 3.63) is 83.9 Å². The van der Waals surface area contributed by atoms with E-state index in [0.29, 0.717) is 18.3 Å². The topological polar surface area (TPSA) is 72.8 Å². The maximum atomic E-state index is 12.1. The monoisotopic (exact) mass is 572 g/mol. The fraction of sp³-hybridized carbons (Fsp3) is 0.514. The van der Waals surface area contributed by atoms with Gasteiger partial charge in [0.15, 0.2) is 6.10 Å². The molecule has 2 aliphatic rings. The van der Waals surface area contributed by atoms with E-state index in [1.165, 1.54) is 23.1 Å². The second-order valence-corrected chi connectivity index (χ2v) is 12.1. The van der Waals surface area contributed by atoms with Crippen molar-refractivity contribution in [3.8, 4) is 0 Å². The molecule has 1 saturated carbocycles. The highest BCUT2D eigenvalue weighted by Gasteiger charge is 2.55. The van der Waals surface area contributed by atoms with Gasteiger partial charge in [-0.05, 0) is 72.6 Å². The lowest BCUT2D eigenvalue weighted by molar-refractivity contribution is -0.161. The van der Waals surface area contributed by atoms with Crippen LogP contribution in [0.3, 0.4) is 0 Å². The first kappa shape index (κ1) is 31.7. The molecule has 226 valence electrons. The van der Waals surface area contributed by atoms with E-state index in [-0.39, 0.29) is 31.0 Å². The zero-order valence-electron chi connectivity index (χ0n) is 25.5. The number of unbranched alkanes of at least 4 members (excludes halogenated alkanes) is 4. The maximum Gasteiger partial charge on any atom is 0.305 e. The number of carbonyl (C=O) groups is 2. The number of fused-ring (bicyclic) bond motifs is 1. The Bertz CT molecular complexity index is 1220. The molecule has 42 heavy (non-hydrogen) atoms. The number of allylic oxidation sites excluding steroid dienone is 3. The predicted molar refractivity (Wildman–Crippen MR) is 168 cm³/mol. The fourth-order valence-electron chi connectivity index (χ4n) is 7.20. The van der Waals surface area contributed by atoms with Crippen LogP contribution in [0.1, 0.15) is 95.6 Å². The van der Waals surface area contributed by atoms with Crippen LogP contribution in [0.4, 0.5) is 0 Å². The van der Waals surface area contributed by atoms with Crippen LogP contribution in [0.15, 0.2) is 72.8 Å². The van der Waals surface area contributed by atoms with E-state index < -0.39 is 12.1 Å². The van der Waals surface area contributed by atoms with Crippen molar-refractivity contribution < 1.29 is 24.2 Å². The van der Waals surface area contributed by atoms with Crippen LogP contribution in [0.25, 0.3) is 11.1 Å². The Labute approximate surface area is 252 Å². The number of esters is 2. The minimum Gasteiger partial charge on any atom is -0.462 e. The molecule has 1 N–H and O–H groups in total. The van der Waals surface area contributed by atoms with Crippen LogP contribution < -0.4 is 0 Å². The molecule has 4 rings (SSSR count). The molecular weight excluding hydrogens is 524 g/mol. The molecule has 0 amide bonds. The lowest BCUT2D eigenvalue weighted by Crippen LogP contribution is -2.28. The van der Waals surface area contributed by atoms with Crippen molar-refractivity contribution in [3.63, 3.8) is 0 Å². The predicted octanol–water partition coefficient (Wildman–Crippen LogP) is 8.18. The van der Waals surface area contributed by atoms with Gasteiger partial charge in [-0.1, -0.05) is 106 Å². The maximum absolute atomic E-state index is 12.1. The summed E-state index contributed by atoms with van der Waals surface area (Å²) >= 11 is 0. The van der Waals surface area contributed by atoms with Crippen molar-refractivity contribution in [2.75, 3.05) is 13.2 Å². The number of carbonyl (C=O) groups excluding carboxylic acids is 2. The molecule has 0 unspecified atom stereocenters. The van der Waals surface area contributed by atoms with Gasteiger partial charge in [-0.2, -0.15) is 0 Å². The summed E-state index contributed by atoms with van der Waals surface area (Å²) < 4.78 is 10.2. The minimum absolute atomic E-state index is 0.00171. The number of hydrogen-bond acceptors (Lipinski definition) is 5. The van der Waals surface area contributed by atoms with E-state index in [9.17, 15) is 14.7 Å². The van der Waals surface area contributed by atoms with Gasteiger partial charge in [-0.25, -0.2) is 0 Å². The largest absolute Gasteiger partial charge is 0.462 e. The van der Waals surface area contributed by atoms with Gasteiger partial charge in [-0.3, -0.25) is 9.59 Å². The van der Waals surface area contributed by atoms with Crippen molar-refractivity contribution in [1.29, 1.82) is 0 Å². The summed E-state index contributed by atoms with van der Waals surface area (Å²) in [5.74, 6) is 0.544. The molecular formula is C37H48O5. The van der Waals surface area contributed by atoms with Gasteiger partial charge >= 0.3 is 11.9 Å². The highest BCUT2D eigenvalue weighted by atomic mass is 16.6. The Hall–Kier alpha value is -3.18. The van der Waals surface area contributed by atoms with E-state index in [1.807, 2.05) is 0 Å². The summed E-state index contributed by atoms with van der Waals surface area (Å²) in [5.41, 5.74) is 7.06. The van der Waals surface area contributed by atoms with Crippen LogP contribution in [-0.2, 0) is 19.1 Å². The second kappa shape index (κ2) is 15.3. The summed E-state index contributed by atoms with van der Waals surface area (Å²) in [5, 5.41) is 9.32. The van der Waals surface area contributed by atoms with Gasteiger partial charge in [0.05, 0.1) is 6.61 Å². The van der Waals surface area contributed by atoms with Crippen LogP contribution in [0.5, 0.6) is 0 Å². The lowest BCUT2D eigenvalue weighted by atomic mass is 9.66. The Balaban J connectivity index is 1.32. The smallest absolute Gasteiger partial charge is 0.305 e. The minimum atomic E-state index is -0.793. The molecule has 0 aromatic heterocycles. The Morgan fingerprint density at radius 2 is 1.64 bits per heavy atom. The molecule has 1 fully saturated rings. The highest BCUT2D eigenvalue weighted by Crippen LogP contribution is 2.67.